The van der Waals surface area contributed by atoms with Gasteiger partial charge in [-0.2, -0.15) is 10.5 Å². The zero-order valence-electron chi connectivity index (χ0n) is 15.8. The first-order valence-corrected chi connectivity index (χ1v) is 9.72. The molecule has 0 aromatic heterocycles. The maximum Gasteiger partial charge on any atom is 0.101 e. The molecule has 0 bridgehead atoms. The monoisotopic (exact) mass is 342 g/mol. The SMILES string of the molecule is CCCC1CCC(c2ccc(-c3ccc(C)cc3)c(C#N)c2C#N)CC1. The van der Waals surface area contributed by atoms with Crippen LogP contribution < -0.4 is 0 Å². The standard InChI is InChI=1S/C24H26N2/c1-3-4-18-7-11-20(12-8-18)22-14-13-21(23(15-25)24(22)16-26)19-9-5-17(2)6-10-19/h5-6,9-10,13-14,18,20H,3-4,7-8,11-12H2,1-2H3. The van der Waals surface area contributed by atoms with Crippen LogP contribution in [0, 0.1) is 35.5 Å². The van der Waals surface area contributed by atoms with Crippen LogP contribution in [-0.4, -0.2) is 0 Å². The molecule has 132 valence electrons. The Morgan fingerprint density at radius 1 is 0.885 bits per heavy atom. The molecule has 3 rings (SSSR count). The predicted octanol–water partition coefficient (Wildman–Crippen LogP) is 6.48. The zero-order chi connectivity index (χ0) is 18.5. The second kappa shape index (κ2) is 8.20. The lowest BCUT2D eigenvalue weighted by atomic mass is 9.75. The molecule has 1 saturated carbocycles. The molecule has 2 aromatic rings. The summed E-state index contributed by atoms with van der Waals surface area (Å²) < 4.78 is 0. The smallest absolute Gasteiger partial charge is 0.101 e. The summed E-state index contributed by atoms with van der Waals surface area (Å²) in [6.45, 7) is 4.30. The van der Waals surface area contributed by atoms with Gasteiger partial charge in [-0.1, -0.05) is 61.7 Å². The van der Waals surface area contributed by atoms with Gasteiger partial charge in [-0.15, -0.1) is 0 Å². The van der Waals surface area contributed by atoms with Gasteiger partial charge in [0.25, 0.3) is 0 Å². The van der Waals surface area contributed by atoms with Crippen molar-refractivity contribution in [2.75, 3.05) is 0 Å². The number of benzene rings is 2. The quantitative estimate of drug-likeness (QED) is 0.638. The number of hydrogen-bond donors (Lipinski definition) is 0. The van der Waals surface area contributed by atoms with Crippen LogP contribution in [0.3, 0.4) is 0 Å². The van der Waals surface area contributed by atoms with E-state index in [1.165, 1.54) is 31.2 Å². The number of hydrogen-bond acceptors (Lipinski definition) is 2. The topological polar surface area (TPSA) is 47.6 Å². The largest absolute Gasteiger partial charge is 0.192 e. The Kier molecular flexibility index (Phi) is 5.75. The van der Waals surface area contributed by atoms with E-state index in [1.807, 2.05) is 37.3 Å². The minimum absolute atomic E-state index is 0.414. The first kappa shape index (κ1) is 18.2. The first-order valence-electron chi connectivity index (χ1n) is 9.72. The highest BCUT2D eigenvalue weighted by Crippen LogP contribution is 2.40. The summed E-state index contributed by atoms with van der Waals surface area (Å²) in [7, 11) is 0. The fourth-order valence-corrected chi connectivity index (χ4v) is 4.34. The molecule has 2 nitrogen and oxygen atoms in total. The Labute approximate surface area is 157 Å². The molecule has 1 fully saturated rings. The fourth-order valence-electron chi connectivity index (χ4n) is 4.34. The fraction of sp³-hybridized carbons (Fsp3) is 0.417. The van der Waals surface area contributed by atoms with Crippen molar-refractivity contribution < 1.29 is 0 Å². The molecule has 2 aromatic carbocycles. The second-order valence-electron chi connectivity index (χ2n) is 7.55. The molecule has 0 saturated heterocycles. The van der Waals surface area contributed by atoms with Gasteiger partial charge < -0.3 is 0 Å². The normalized spacial score (nSPS) is 19.5. The lowest BCUT2D eigenvalue weighted by Gasteiger charge is -2.29. The molecule has 0 amide bonds. The van der Waals surface area contributed by atoms with Crippen molar-refractivity contribution in [1.29, 1.82) is 10.5 Å². The highest BCUT2D eigenvalue weighted by atomic mass is 14.3. The van der Waals surface area contributed by atoms with E-state index in [0.29, 0.717) is 17.0 Å². The van der Waals surface area contributed by atoms with Gasteiger partial charge in [-0.3, -0.25) is 0 Å². The maximum absolute atomic E-state index is 9.81. The second-order valence-corrected chi connectivity index (χ2v) is 7.55. The molecule has 0 aliphatic heterocycles. The van der Waals surface area contributed by atoms with E-state index in [1.54, 1.807) is 0 Å². The molecule has 0 unspecified atom stereocenters. The molecule has 0 atom stereocenters. The van der Waals surface area contributed by atoms with E-state index in [0.717, 1.165) is 35.4 Å². The van der Waals surface area contributed by atoms with Gasteiger partial charge in [0, 0.05) is 5.56 Å². The van der Waals surface area contributed by atoms with Crippen molar-refractivity contribution in [2.45, 2.75) is 58.3 Å². The van der Waals surface area contributed by atoms with Gasteiger partial charge in [0.1, 0.15) is 12.1 Å². The molecular weight excluding hydrogens is 316 g/mol. The number of aryl methyl sites for hydroxylation is 1. The lowest BCUT2D eigenvalue weighted by molar-refractivity contribution is 0.308. The van der Waals surface area contributed by atoms with E-state index in [9.17, 15) is 10.5 Å². The van der Waals surface area contributed by atoms with Crippen LogP contribution in [0.4, 0.5) is 0 Å². The van der Waals surface area contributed by atoms with Crippen LogP contribution in [0.2, 0.25) is 0 Å². The summed E-state index contributed by atoms with van der Waals surface area (Å²) in [5.41, 5.74) is 5.26. The third-order valence-corrected chi connectivity index (χ3v) is 5.81. The Morgan fingerprint density at radius 3 is 2.12 bits per heavy atom. The zero-order valence-corrected chi connectivity index (χ0v) is 15.8. The van der Waals surface area contributed by atoms with E-state index < -0.39 is 0 Å². The number of rotatable bonds is 4. The molecule has 26 heavy (non-hydrogen) atoms. The van der Waals surface area contributed by atoms with Crippen LogP contribution in [0.15, 0.2) is 36.4 Å². The van der Waals surface area contributed by atoms with Crippen molar-refractivity contribution in [1.82, 2.24) is 0 Å². The summed E-state index contributed by atoms with van der Waals surface area (Å²) in [5, 5.41) is 19.6. The summed E-state index contributed by atoms with van der Waals surface area (Å²) in [4.78, 5) is 0. The minimum atomic E-state index is 0.414. The van der Waals surface area contributed by atoms with Gasteiger partial charge in [0.2, 0.25) is 0 Å². The van der Waals surface area contributed by atoms with Gasteiger partial charge in [-0.25, -0.2) is 0 Å². The van der Waals surface area contributed by atoms with Crippen molar-refractivity contribution in [3.8, 4) is 23.3 Å². The van der Waals surface area contributed by atoms with Crippen molar-refractivity contribution in [3.63, 3.8) is 0 Å². The lowest BCUT2D eigenvalue weighted by Crippen LogP contribution is -2.14. The molecule has 1 aliphatic rings. The van der Waals surface area contributed by atoms with Crippen LogP contribution in [0.1, 0.15) is 73.6 Å². The molecular formula is C24H26N2. The highest BCUT2D eigenvalue weighted by molar-refractivity contribution is 5.75. The van der Waals surface area contributed by atoms with Gasteiger partial charge in [-0.05, 0) is 55.6 Å². The third-order valence-electron chi connectivity index (χ3n) is 5.81. The third kappa shape index (κ3) is 3.66. The van der Waals surface area contributed by atoms with Crippen molar-refractivity contribution in [2.24, 2.45) is 5.92 Å². The van der Waals surface area contributed by atoms with Gasteiger partial charge >= 0.3 is 0 Å². The summed E-state index contributed by atoms with van der Waals surface area (Å²) >= 11 is 0. The molecule has 0 heterocycles. The summed E-state index contributed by atoms with van der Waals surface area (Å²) in [6, 6.07) is 17.0. The van der Waals surface area contributed by atoms with Crippen molar-refractivity contribution >= 4 is 0 Å². The molecule has 0 spiro atoms. The number of nitrogens with zero attached hydrogens (tertiary/aromatic N) is 2. The highest BCUT2D eigenvalue weighted by Gasteiger charge is 2.25. The van der Waals surface area contributed by atoms with E-state index in [2.05, 4.69) is 25.1 Å². The van der Waals surface area contributed by atoms with Gasteiger partial charge in [0.05, 0.1) is 11.1 Å². The Balaban J connectivity index is 1.95. The number of nitriles is 2. The van der Waals surface area contributed by atoms with Gasteiger partial charge in [0.15, 0.2) is 0 Å². The van der Waals surface area contributed by atoms with E-state index in [4.69, 9.17) is 0 Å². The summed E-state index contributed by atoms with van der Waals surface area (Å²) in [5.74, 6) is 1.25. The van der Waals surface area contributed by atoms with Crippen LogP contribution >= 0.6 is 0 Å². The van der Waals surface area contributed by atoms with E-state index in [-0.39, 0.29) is 0 Å². The Bertz CT molecular complexity index is 842. The van der Waals surface area contributed by atoms with Crippen molar-refractivity contribution in [3.05, 3.63) is 58.7 Å². The van der Waals surface area contributed by atoms with Crippen LogP contribution in [-0.2, 0) is 0 Å². The predicted molar refractivity (Wildman–Crippen MR) is 106 cm³/mol. The maximum atomic E-state index is 9.81. The average molecular weight is 342 g/mol. The van der Waals surface area contributed by atoms with Crippen LogP contribution in [0.5, 0.6) is 0 Å². The summed E-state index contributed by atoms with van der Waals surface area (Å²) in [6.07, 6.45) is 7.31. The molecule has 0 radical (unpaired) electrons. The van der Waals surface area contributed by atoms with E-state index >= 15 is 0 Å². The molecule has 0 N–H and O–H groups in total. The Hall–Kier alpha value is -2.58. The molecule has 1 aliphatic carbocycles. The average Bonchev–Trinajstić information content (AvgIpc) is 2.68. The first-order chi connectivity index (χ1) is 12.7. The van der Waals surface area contributed by atoms with Crippen LogP contribution in [0.25, 0.3) is 11.1 Å². The Morgan fingerprint density at radius 2 is 1.54 bits per heavy atom. The molecule has 2 heteroatoms. The minimum Gasteiger partial charge on any atom is -0.192 e.